The molecule has 29 heteroatoms. The first kappa shape index (κ1) is 83.3. The molecular weight excluding hydrogens is 1440 g/mol. The van der Waals surface area contributed by atoms with Crippen LogP contribution in [0.15, 0.2) is 96.2 Å². The van der Waals surface area contributed by atoms with Crippen molar-refractivity contribution >= 4 is 68.8 Å². The summed E-state index contributed by atoms with van der Waals surface area (Å²) < 4.78 is 85.8. The van der Waals surface area contributed by atoms with Crippen molar-refractivity contribution in [3.8, 4) is 34.8 Å². The summed E-state index contributed by atoms with van der Waals surface area (Å²) in [7, 11) is 6.23. The van der Waals surface area contributed by atoms with E-state index in [1.165, 1.54) is 24.0 Å². The van der Waals surface area contributed by atoms with Crippen LogP contribution in [0.4, 0.5) is 21.0 Å². The molecule has 6 aliphatic rings. The molecule has 7 heterocycles. The van der Waals surface area contributed by atoms with E-state index in [0.717, 1.165) is 48.3 Å². The minimum atomic E-state index is -1.05. The zero-order valence-electron chi connectivity index (χ0n) is 64.1. The highest BCUT2D eigenvalue weighted by molar-refractivity contribution is 8.76. The molecule has 10 rings (SSSR count). The maximum atomic E-state index is 14.9. The number of nitrogens with one attached hydrogen (secondary N) is 2. The standard InChI is InChI=1S/C80H105N7O20S2/c1-52-39-62-75(104-71-21-13-16-29-100-71)86(77(92)106-79(4,5)6)60-46-66(64(94-10)44-58(60)73(90)84(62)48-52)102-50-56-41-55(19-18-27-81-69(89)25-31-96-33-35-98-37-38-99-36-34-97-32-28-82-68(88)24-23-54(3)108-109-70-20-12-15-26-83-70)42-57(43-56)51-103-67-47-61-59(45-65(67)95-11)74(91)85-49-53(2)40-63(85)76(105-72-22-14-17-30-101-72)87(61)78(93)107-80(7,8)9/h12,15,20,26,41-47,54,62-63,71-72,75-76H,1-2,13-14,16-17,21-25,27-40,48-51H2,3-11H3,(H,81,89)(H,82,88)/t54?,62-,63-,71?,72?,75-,76-/m0/s1. The van der Waals surface area contributed by atoms with Gasteiger partial charge >= 0.3 is 12.2 Å². The minimum absolute atomic E-state index is 0.00461. The Kier molecular flexibility index (Phi) is 30.7. The van der Waals surface area contributed by atoms with Crippen LogP contribution in [0.2, 0.25) is 0 Å². The third kappa shape index (κ3) is 24.2. The van der Waals surface area contributed by atoms with Gasteiger partial charge in [0.2, 0.25) is 11.8 Å². The first-order chi connectivity index (χ1) is 52.4. The first-order valence-electron chi connectivity index (χ1n) is 37.4. The molecule has 0 aliphatic carbocycles. The number of ether oxygens (including phenoxy) is 14. The van der Waals surface area contributed by atoms with Crippen LogP contribution in [0.1, 0.15) is 157 Å². The summed E-state index contributed by atoms with van der Waals surface area (Å²) in [6, 6.07) is 16.3. The normalized spacial score (nSPS) is 20.2. The molecule has 1 aromatic heterocycles. The zero-order valence-corrected chi connectivity index (χ0v) is 65.7. The van der Waals surface area contributed by atoms with E-state index < -0.39 is 60.5 Å². The van der Waals surface area contributed by atoms with E-state index in [4.69, 9.17) is 66.3 Å². The Morgan fingerprint density at radius 2 is 1.12 bits per heavy atom. The molecule has 3 unspecified atom stereocenters. The molecule has 0 radical (unpaired) electrons. The lowest BCUT2D eigenvalue weighted by molar-refractivity contribution is -0.196. The van der Waals surface area contributed by atoms with Gasteiger partial charge in [0.15, 0.2) is 48.0 Å². The molecule has 4 aromatic rings. The van der Waals surface area contributed by atoms with E-state index >= 15 is 0 Å². The second-order valence-corrected chi connectivity index (χ2v) is 31.9. The van der Waals surface area contributed by atoms with Gasteiger partial charge in [-0.05, 0) is 164 Å². The molecule has 592 valence electrons. The van der Waals surface area contributed by atoms with Crippen molar-refractivity contribution in [2.45, 2.75) is 191 Å². The van der Waals surface area contributed by atoms with Crippen molar-refractivity contribution in [1.82, 2.24) is 25.4 Å². The second kappa shape index (κ2) is 40.2. The summed E-state index contributed by atoms with van der Waals surface area (Å²) in [5, 5.41) is 6.99. The van der Waals surface area contributed by atoms with E-state index in [9.17, 15) is 28.8 Å². The van der Waals surface area contributed by atoms with Gasteiger partial charge in [0.1, 0.15) is 29.4 Å². The van der Waals surface area contributed by atoms with Crippen LogP contribution in [0.5, 0.6) is 23.0 Å². The van der Waals surface area contributed by atoms with Gasteiger partial charge in [-0.2, -0.15) is 0 Å². The quantitative estimate of drug-likeness (QED) is 0.0190. The summed E-state index contributed by atoms with van der Waals surface area (Å²) in [5.74, 6) is 6.02. The molecule has 6 amide bonds. The highest BCUT2D eigenvalue weighted by Crippen LogP contribution is 2.47. The second-order valence-electron chi connectivity index (χ2n) is 29.2. The lowest BCUT2D eigenvalue weighted by Gasteiger charge is -2.39. The summed E-state index contributed by atoms with van der Waals surface area (Å²) in [5.41, 5.74) is 2.09. The maximum absolute atomic E-state index is 14.9. The van der Waals surface area contributed by atoms with Crippen molar-refractivity contribution in [1.29, 1.82) is 0 Å². The largest absolute Gasteiger partial charge is 0.493 e. The number of rotatable bonds is 34. The number of carbonyl (C=O) groups excluding carboxylic acids is 6. The van der Waals surface area contributed by atoms with Gasteiger partial charge in [-0.3, -0.25) is 19.2 Å². The molecular formula is C80H105N7O20S2. The van der Waals surface area contributed by atoms with E-state index in [0.29, 0.717) is 113 Å². The van der Waals surface area contributed by atoms with Gasteiger partial charge in [0.05, 0.1) is 108 Å². The van der Waals surface area contributed by atoms with Gasteiger partial charge in [-0.25, -0.2) is 24.4 Å². The Labute approximate surface area is 647 Å². The molecule has 0 spiro atoms. The van der Waals surface area contributed by atoms with Crippen LogP contribution >= 0.6 is 21.6 Å². The lowest BCUT2D eigenvalue weighted by Crippen LogP contribution is -2.54. The molecule has 7 atom stereocenters. The van der Waals surface area contributed by atoms with E-state index in [2.05, 4.69) is 47.5 Å². The average Bonchev–Trinajstić information content (AvgIpc) is 1.62. The van der Waals surface area contributed by atoms with Crippen molar-refractivity contribution in [2.24, 2.45) is 0 Å². The van der Waals surface area contributed by atoms with E-state index in [1.807, 2.05) is 36.4 Å². The number of amides is 6. The molecule has 109 heavy (non-hydrogen) atoms. The number of benzene rings is 3. The third-order valence-electron chi connectivity index (χ3n) is 18.2. The fraction of sp³-hybridized carbons (Fsp3) is 0.562. The van der Waals surface area contributed by atoms with E-state index in [-0.39, 0.29) is 122 Å². The van der Waals surface area contributed by atoms with Crippen molar-refractivity contribution in [2.75, 3.05) is 116 Å². The fourth-order valence-corrected chi connectivity index (χ4v) is 15.2. The Morgan fingerprint density at radius 3 is 1.59 bits per heavy atom. The number of aromatic nitrogens is 1. The summed E-state index contributed by atoms with van der Waals surface area (Å²) >= 11 is 0. The average molecular weight is 1550 g/mol. The van der Waals surface area contributed by atoms with Crippen molar-refractivity contribution in [3.63, 3.8) is 0 Å². The molecule has 3 aromatic carbocycles. The Morgan fingerprint density at radius 1 is 0.624 bits per heavy atom. The predicted molar refractivity (Wildman–Crippen MR) is 410 cm³/mol. The number of pyridine rings is 1. The number of methoxy groups -OCH3 is 2. The summed E-state index contributed by atoms with van der Waals surface area (Å²) in [4.78, 5) is 95.1. The Bertz CT molecular complexity index is 3690. The van der Waals surface area contributed by atoms with Gasteiger partial charge in [-0.15, -0.1) is 0 Å². The fourth-order valence-electron chi connectivity index (χ4n) is 13.1. The van der Waals surface area contributed by atoms with E-state index in [1.54, 1.807) is 103 Å². The number of hydrogen-bond acceptors (Lipinski definition) is 23. The highest BCUT2D eigenvalue weighted by atomic mass is 33.1. The first-order valence-corrected chi connectivity index (χ1v) is 39.6. The number of fused-ring (bicyclic) bond motifs is 4. The van der Waals surface area contributed by atoms with Crippen LogP contribution in [-0.4, -0.2) is 211 Å². The van der Waals surface area contributed by atoms with Gasteiger partial charge in [-0.1, -0.05) is 59.9 Å². The van der Waals surface area contributed by atoms with Gasteiger partial charge < -0.3 is 86.7 Å². The third-order valence-corrected chi connectivity index (χ3v) is 21.0. The molecule has 2 N–H and O–H groups in total. The SMILES string of the molecule is C=C1C[C@H]2[C@H](OC3CCCCO3)N(C(=O)OC(C)(C)C)c3cc(OCc4cc(C#CCNC(=O)CCOCCOCCOCCOCCNC(=O)CCC(C)SSc5ccccn5)cc(COc5cc6c(cc5OC)C(=O)N5CC(=C)C[C@H]5[C@H](OC5CCCCO5)N6C(=O)OC(C)(C)C)c4)c(OC)cc3C(=O)N2C1. The Balaban J connectivity index is 0.808. The number of nitrogens with zero attached hydrogens (tertiary/aromatic N) is 5. The minimum Gasteiger partial charge on any atom is -0.493 e. The van der Waals surface area contributed by atoms with Crippen molar-refractivity contribution in [3.05, 3.63) is 119 Å². The monoisotopic (exact) mass is 1550 g/mol. The van der Waals surface area contributed by atoms with Crippen LogP contribution in [0.25, 0.3) is 0 Å². The predicted octanol–water partition coefficient (Wildman–Crippen LogP) is 11.7. The van der Waals surface area contributed by atoms with Crippen LogP contribution in [0.3, 0.4) is 0 Å². The van der Waals surface area contributed by atoms with Crippen LogP contribution in [0, 0.1) is 11.8 Å². The zero-order chi connectivity index (χ0) is 77.6. The summed E-state index contributed by atoms with van der Waals surface area (Å²) in [6.45, 7) is 25.4. The van der Waals surface area contributed by atoms with Gasteiger partial charge in [0.25, 0.3) is 11.8 Å². The molecule has 4 fully saturated rings. The number of hydrogen-bond donors (Lipinski definition) is 2. The topological polar surface area (TPSA) is 282 Å². The van der Waals surface area contributed by atoms with Crippen molar-refractivity contribution < 1.29 is 95.1 Å². The molecule has 0 saturated carbocycles. The summed E-state index contributed by atoms with van der Waals surface area (Å²) in [6.07, 6.45) is 3.44. The smallest absolute Gasteiger partial charge is 0.417 e. The Hall–Kier alpha value is -8.15. The lowest BCUT2D eigenvalue weighted by atomic mass is 10.1. The molecule has 6 aliphatic heterocycles. The molecule has 27 nitrogen and oxygen atoms in total. The van der Waals surface area contributed by atoms with Crippen LogP contribution < -0.4 is 39.4 Å². The number of carbonyl (C=O) groups is 6. The molecule has 0 bridgehead atoms. The maximum Gasteiger partial charge on any atom is 0.417 e. The van der Waals surface area contributed by atoms with Crippen LogP contribution in [-0.2, 0) is 70.2 Å². The van der Waals surface area contributed by atoms with Gasteiger partial charge in [0, 0.05) is 74.8 Å². The number of anilines is 2. The molecule has 4 saturated heterocycles. The highest BCUT2D eigenvalue weighted by Gasteiger charge is 2.51.